The molecule has 0 aliphatic heterocycles. The molecule has 2 amide bonds. The number of nitrogens with one attached hydrogen (secondary N) is 1. The Morgan fingerprint density at radius 3 is 2.60 bits per heavy atom. The van der Waals surface area contributed by atoms with Crippen molar-refractivity contribution in [2.45, 2.75) is 33.2 Å². The van der Waals surface area contributed by atoms with E-state index in [2.05, 4.69) is 5.32 Å². The molecule has 1 heterocycles. The Morgan fingerprint density at radius 2 is 2.15 bits per heavy atom. The molecule has 20 heavy (non-hydrogen) atoms. The molecule has 0 bridgehead atoms. The molecule has 0 aliphatic rings. The summed E-state index contributed by atoms with van der Waals surface area (Å²) in [6, 6.07) is 3.52. The smallest absolute Gasteiger partial charge is 0.323 e. The molecule has 5 nitrogen and oxygen atoms in total. The average molecular weight is 298 g/mol. The van der Waals surface area contributed by atoms with Gasteiger partial charge in [0, 0.05) is 11.4 Å². The number of aliphatic carboxylic acids is 1. The van der Waals surface area contributed by atoms with Crippen LogP contribution in [0, 0.1) is 5.92 Å². The molecular formula is C14H22N2O3S. The maximum absolute atomic E-state index is 12.2. The first-order valence-electron chi connectivity index (χ1n) is 6.76. The number of nitrogens with zero attached hydrogens (tertiary/aromatic N) is 1. The Morgan fingerprint density at radius 1 is 1.45 bits per heavy atom. The molecule has 1 aromatic rings. The van der Waals surface area contributed by atoms with Crippen molar-refractivity contribution in [2.75, 3.05) is 13.1 Å². The van der Waals surface area contributed by atoms with Crippen LogP contribution in [0.1, 0.15) is 38.1 Å². The first kappa shape index (κ1) is 16.5. The summed E-state index contributed by atoms with van der Waals surface area (Å²) < 4.78 is 0. The van der Waals surface area contributed by atoms with Crippen molar-refractivity contribution in [2.24, 2.45) is 5.92 Å². The number of carbonyl (C=O) groups excluding carboxylic acids is 1. The second kappa shape index (κ2) is 7.89. The molecule has 0 fully saturated rings. The predicted molar refractivity (Wildman–Crippen MR) is 79.9 cm³/mol. The minimum Gasteiger partial charge on any atom is -0.480 e. The van der Waals surface area contributed by atoms with Gasteiger partial charge in [-0.15, -0.1) is 11.3 Å². The molecule has 0 saturated heterocycles. The zero-order valence-electron chi connectivity index (χ0n) is 12.1. The molecule has 1 atom stereocenters. The molecule has 0 aliphatic carbocycles. The summed E-state index contributed by atoms with van der Waals surface area (Å²) in [6.45, 7) is 6.15. The van der Waals surface area contributed by atoms with Gasteiger partial charge in [-0.25, -0.2) is 4.79 Å². The lowest BCUT2D eigenvalue weighted by molar-refractivity contribution is -0.137. The summed E-state index contributed by atoms with van der Waals surface area (Å²) in [7, 11) is 0. The largest absolute Gasteiger partial charge is 0.480 e. The highest BCUT2D eigenvalue weighted by Crippen LogP contribution is 2.25. The number of thiophene rings is 1. The molecule has 2 N–H and O–H groups in total. The van der Waals surface area contributed by atoms with Crippen LogP contribution in [0.3, 0.4) is 0 Å². The summed E-state index contributed by atoms with van der Waals surface area (Å²) in [4.78, 5) is 25.5. The molecule has 1 aromatic heterocycles. The number of carboxylic acids is 1. The van der Waals surface area contributed by atoms with Crippen LogP contribution in [0.25, 0.3) is 0 Å². The van der Waals surface area contributed by atoms with E-state index in [0.29, 0.717) is 6.54 Å². The summed E-state index contributed by atoms with van der Waals surface area (Å²) in [6.07, 6.45) is 0.728. The third kappa shape index (κ3) is 4.85. The maximum Gasteiger partial charge on any atom is 0.323 e. The standard InChI is InChI=1S/C14H22N2O3S/c1-4-7-16(9-12(17)18)14(19)15-13(10(2)3)11-6-5-8-20-11/h5-6,8,10,13H,4,7,9H2,1-3H3,(H,15,19)(H,17,18). The van der Waals surface area contributed by atoms with Crippen LogP contribution in [-0.2, 0) is 4.79 Å². The van der Waals surface area contributed by atoms with Gasteiger partial charge in [-0.3, -0.25) is 4.79 Å². The molecule has 0 radical (unpaired) electrons. The van der Waals surface area contributed by atoms with Gasteiger partial charge in [-0.05, 0) is 23.8 Å². The zero-order valence-corrected chi connectivity index (χ0v) is 12.9. The molecule has 0 spiro atoms. The Labute approximate surface area is 123 Å². The van der Waals surface area contributed by atoms with Crippen LogP contribution in [0.2, 0.25) is 0 Å². The van der Waals surface area contributed by atoms with Gasteiger partial charge in [0.15, 0.2) is 0 Å². The first-order chi connectivity index (χ1) is 9.45. The minimum atomic E-state index is -0.995. The van der Waals surface area contributed by atoms with Crippen LogP contribution in [0.5, 0.6) is 0 Å². The maximum atomic E-state index is 12.2. The SMILES string of the molecule is CCCN(CC(=O)O)C(=O)NC(c1cccs1)C(C)C. The van der Waals surface area contributed by atoms with E-state index < -0.39 is 5.97 Å². The van der Waals surface area contributed by atoms with Crippen LogP contribution >= 0.6 is 11.3 Å². The van der Waals surface area contributed by atoms with E-state index in [-0.39, 0.29) is 24.5 Å². The Hall–Kier alpha value is -1.56. The first-order valence-corrected chi connectivity index (χ1v) is 7.64. The normalized spacial score (nSPS) is 12.2. The monoisotopic (exact) mass is 298 g/mol. The van der Waals surface area contributed by atoms with E-state index >= 15 is 0 Å². The van der Waals surface area contributed by atoms with Crippen molar-refractivity contribution in [3.8, 4) is 0 Å². The van der Waals surface area contributed by atoms with Gasteiger partial charge in [-0.1, -0.05) is 26.8 Å². The van der Waals surface area contributed by atoms with Gasteiger partial charge in [0.2, 0.25) is 0 Å². The molecule has 1 rings (SSSR count). The number of hydrogen-bond donors (Lipinski definition) is 2. The number of hydrogen-bond acceptors (Lipinski definition) is 3. The van der Waals surface area contributed by atoms with Crippen molar-refractivity contribution < 1.29 is 14.7 Å². The third-order valence-corrected chi connectivity index (χ3v) is 3.86. The van der Waals surface area contributed by atoms with Crippen molar-refractivity contribution >= 4 is 23.3 Å². The second-order valence-corrected chi connectivity index (χ2v) is 5.98. The highest BCUT2D eigenvalue weighted by molar-refractivity contribution is 7.10. The van der Waals surface area contributed by atoms with E-state index in [4.69, 9.17) is 5.11 Å². The fraction of sp³-hybridized carbons (Fsp3) is 0.571. The quantitative estimate of drug-likeness (QED) is 0.813. The topological polar surface area (TPSA) is 69.6 Å². The van der Waals surface area contributed by atoms with Crippen LogP contribution in [0.4, 0.5) is 4.79 Å². The van der Waals surface area contributed by atoms with Crippen LogP contribution in [0.15, 0.2) is 17.5 Å². The molecule has 1 unspecified atom stereocenters. The van der Waals surface area contributed by atoms with E-state index in [1.54, 1.807) is 11.3 Å². The van der Waals surface area contributed by atoms with E-state index in [1.165, 1.54) is 4.90 Å². The highest BCUT2D eigenvalue weighted by Gasteiger charge is 2.23. The average Bonchev–Trinajstić information content (AvgIpc) is 2.87. The van der Waals surface area contributed by atoms with Gasteiger partial charge in [0.05, 0.1) is 6.04 Å². The molecule has 0 saturated carbocycles. The van der Waals surface area contributed by atoms with E-state index in [1.807, 2.05) is 38.3 Å². The number of amides is 2. The van der Waals surface area contributed by atoms with Crippen LogP contribution in [-0.4, -0.2) is 35.1 Å². The van der Waals surface area contributed by atoms with Gasteiger partial charge < -0.3 is 15.3 Å². The number of urea groups is 1. The lowest BCUT2D eigenvalue weighted by Gasteiger charge is -2.26. The summed E-state index contributed by atoms with van der Waals surface area (Å²) in [5.41, 5.74) is 0. The molecule has 112 valence electrons. The van der Waals surface area contributed by atoms with Gasteiger partial charge in [0.1, 0.15) is 6.54 Å². The van der Waals surface area contributed by atoms with Crippen molar-refractivity contribution in [3.63, 3.8) is 0 Å². The minimum absolute atomic E-state index is 0.0874. The van der Waals surface area contributed by atoms with Crippen molar-refractivity contribution in [1.29, 1.82) is 0 Å². The van der Waals surface area contributed by atoms with Gasteiger partial charge in [0.25, 0.3) is 0 Å². The highest BCUT2D eigenvalue weighted by atomic mass is 32.1. The predicted octanol–water partition coefficient (Wildman–Crippen LogP) is 2.95. The van der Waals surface area contributed by atoms with Crippen molar-refractivity contribution in [3.05, 3.63) is 22.4 Å². The summed E-state index contributed by atoms with van der Waals surface area (Å²) >= 11 is 1.59. The van der Waals surface area contributed by atoms with Gasteiger partial charge >= 0.3 is 12.0 Å². The number of rotatable bonds is 7. The molecular weight excluding hydrogens is 276 g/mol. The fourth-order valence-corrected chi connectivity index (χ4v) is 2.89. The second-order valence-electron chi connectivity index (χ2n) is 5.00. The Balaban J connectivity index is 2.75. The number of carbonyl (C=O) groups is 2. The van der Waals surface area contributed by atoms with Crippen molar-refractivity contribution in [1.82, 2.24) is 10.2 Å². The van der Waals surface area contributed by atoms with E-state index in [0.717, 1.165) is 11.3 Å². The Kier molecular flexibility index (Phi) is 6.51. The number of carboxylic acid groups (broad SMARTS) is 1. The summed E-state index contributed by atoms with van der Waals surface area (Å²) in [5, 5.41) is 13.8. The van der Waals surface area contributed by atoms with Crippen LogP contribution < -0.4 is 5.32 Å². The fourth-order valence-electron chi connectivity index (χ4n) is 1.94. The van der Waals surface area contributed by atoms with Gasteiger partial charge in [-0.2, -0.15) is 0 Å². The summed E-state index contributed by atoms with van der Waals surface area (Å²) in [5.74, 6) is -0.753. The molecule has 0 aromatic carbocycles. The third-order valence-electron chi connectivity index (χ3n) is 2.90. The zero-order chi connectivity index (χ0) is 15.1. The molecule has 6 heteroatoms. The Bertz CT molecular complexity index is 432. The lowest BCUT2D eigenvalue weighted by Crippen LogP contribution is -2.45. The lowest BCUT2D eigenvalue weighted by atomic mass is 10.0. The van der Waals surface area contributed by atoms with E-state index in [9.17, 15) is 9.59 Å².